The van der Waals surface area contributed by atoms with E-state index in [2.05, 4.69) is 32.4 Å². The minimum atomic E-state index is 0.166. The number of hydrogen-bond acceptors (Lipinski definition) is 6. The summed E-state index contributed by atoms with van der Waals surface area (Å²) in [5.41, 5.74) is 7.67. The summed E-state index contributed by atoms with van der Waals surface area (Å²) in [5.74, 6) is 0.619. The van der Waals surface area contributed by atoms with Crippen LogP contribution in [0.3, 0.4) is 0 Å². The molecule has 2 aromatic rings. The second-order valence-electron chi connectivity index (χ2n) is 5.02. The van der Waals surface area contributed by atoms with Gasteiger partial charge in [0.15, 0.2) is 5.82 Å². The molecule has 22 heavy (non-hydrogen) atoms. The Hall–Kier alpha value is -2.34. The first kappa shape index (κ1) is 14.6. The summed E-state index contributed by atoms with van der Waals surface area (Å²) in [7, 11) is 0. The predicted molar refractivity (Wildman–Crippen MR) is 86.5 cm³/mol. The smallest absolute Gasteiger partial charge is 0.282 e. The van der Waals surface area contributed by atoms with E-state index in [-0.39, 0.29) is 6.04 Å². The molecule has 6 nitrogen and oxygen atoms in total. The molecular formula is C15H16ClN5O. The van der Waals surface area contributed by atoms with E-state index >= 15 is 0 Å². The van der Waals surface area contributed by atoms with E-state index in [0.29, 0.717) is 23.6 Å². The average molecular weight is 318 g/mol. The van der Waals surface area contributed by atoms with Gasteiger partial charge in [0.2, 0.25) is 0 Å². The van der Waals surface area contributed by atoms with Gasteiger partial charge in [-0.2, -0.15) is 0 Å². The molecule has 0 fully saturated rings. The summed E-state index contributed by atoms with van der Waals surface area (Å²) in [4.78, 5) is 12.3. The van der Waals surface area contributed by atoms with Gasteiger partial charge in [0.05, 0.1) is 18.4 Å². The minimum Gasteiger partial charge on any atom is -0.463 e. The first-order valence-electron chi connectivity index (χ1n) is 6.98. The molecule has 1 aliphatic heterocycles. The van der Waals surface area contributed by atoms with Crippen LogP contribution in [0.25, 0.3) is 0 Å². The highest BCUT2D eigenvalue weighted by Gasteiger charge is 2.16. The third kappa shape index (κ3) is 3.85. The lowest BCUT2D eigenvalue weighted by Crippen LogP contribution is -2.10. The maximum absolute atomic E-state index is 5.81. The lowest BCUT2D eigenvalue weighted by Gasteiger charge is -2.08. The Balaban J connectivity index is 1.56. The summed E-state index contributed by atoms with van der Waals surface area (Å²) in [6.45, 7) is 0.582. The van der Waals surface area contributed by atoms with Gasteiger partial charge in [0.25, 0.3) is 6.02 Å². The lowest BCUT2D eigenvalue weighted by molar-refractivity contribution is 0.308. The van der Waals surface area contributed by atoms with Gasteiger partial charge in [-0.15, -0.1) is 0 Å². The molecule has 2 heterocycles. The molecule has 1 aromatic heterocycles. The number of hydrogen-bond donors (Lipinski definition) is 2. The molecule has 114 valence electrons. The van der Waals surface area contributed by atoms with E-state index in [1.807, 2.05) is 12.1 Å². The second-order valence-corrected chi connectivity index (χ2v) is 5.41. The Morgan fingerprint density at radius 3 is 2.77 bits per heavy atom. The summed E-state index contributed by atoms with van der Waals surface area (Å²) in [6, 6.07) is 8.61. The number of nitrogens with two attached hydrogens (primary N) is 1. The number of rotatable bonds is 5. The number of aromatic nitrogens is 2. The van der Waals surface area contributed by atoms with E-state index in [1.54, 1.807) is 6.20 Å². The number of benzene rings is 1. The van der Waals surface area contributed by atoms with Crippen LogP contribution in [-0.2, 0) is 11.2 Å². The van der Waals surface area contributed by atoms with Crippen LogP contribution in [0.4, 0.5) is 11.5 Å². The molecule has 1 unspecified atom stereocenters. The van der Waals surface area contributed by atoms with Gasteiger partial charge in [-0.25, -0.2) is 9.98 Å². The number of aryl methyl sites for hydroxylation is 1. The van der Waals surface area contributed by atoms with Crippen molar-refractivity contribution in [3.8, 4) is 0 Å². The highest BCUT2D eigenvalue weighted by Crippen LogP contribution is 2.18. The fourth-order valence-electron chi connectivity index (χ4n) is 2.22. The lowest BCUT2D eigenvalue weighted by atomic mass is 10.1. The van der Waals surface area contributed by atoms with E-state index in [1.165, 1.54) is 11.8 Å². The zero-order chi connectivity index (χ0) is 15.4. The van der Waals surface area contributed by atoms with Crippen molar-refractivity contribution in [2.24, 2.45) is 10.7 Å². The fourth-order valence-corrected chi connectivity index (χ4v) is 2.37. The number of aliphatic imine (C=N–C) groups is 1. The maximum Gasteiger partial charge on any atom is 0.282 e. The molecular weight excluding hydrogens is 302 g/mol. The average Bonchev–Trinajstić information content (AvgIpc) is 2.92. The highest BCUT2D eigenvalue weighted by molar-refractivity contribution is 6.29. The van der Waals surface area contributed by atoms with Crippen molar-refractivity contribution in [2.75, 3.05) is 11.9 Å². The SMILES string of the molecule is NC1=NC(CCc2ccc(Nc3cncc(Cl)n3)cc2)CO1. The van der Waals surface area contributed by atoms with Crippen molar-refractivity contribution in [3.63, 3.8) is 0 Å². The normalized spacial score (nSPS) is 17.0. The van der Waals surface area contributed by atoms with Crippen LogP contribution < -0.4 is 11.1 Å². The zero-order valence-electron chi connectivity index (χ0n) is 11.9. The Kier molecular flexibility index (Phi) is 4.39. The van der Waals surface area contributed by atoms with E-state index in [0.717, 1.165) is 18.5 Å². The van der Waals surface area contributed by atoms with Crippen LogP contribution in [0.2, 0.25) is 5.15 Å². The summed E-state index contributed by atoms with van der Waals surface area (Å²) in [5, 5.41) is 3.52. The third-order valence-corrected chi connectivity index (χ3v) is 3.51. The minimum absolute atomic E-state index is 0.166. The van der Waals surface area contributed by atoms with Gasteiger partial charge in [-0.3, -0.25) is 4.98 Å². The van der Waals surface area contributed by atoms with Crippen molar-refractivity contribution >= 4 is 29.1 Å². The molecule has 0 saturated carbocycles. The largest absolute Gasteiger partial charge is 0.463 e. The van der Waals surface area contributed by atoms with E-state index in [4.69, 9.17) is 22.1 Å². The molecule has 0 aliphatic carbocycles. The maximum atomic E-state index is 5.81. The highest BCUT2D eigenvalue weighted by atomic mass is 35.5. The molecule has 0 radical (unpaired) electrons. The quantitative estimate of drug-likeness (QED) is 0.885. The molecule has 1 aliphatic rings. The number of amidine groups is 1. The Labute approximate surface area is 133 Å². The molecule has 1 atom stereocenters. The first-order chi connectivity index (χ1) is 10.7. The van der Waals surface area contributed by atoms with Gasteiger partial charge < -0.3 is 15.8 Å². The molecule has 3 rings (SSSR count). The number of anilines is 2. The molecule has 0 spiro atoms. The number of halogens is 1. The van der Waals surface area contributed by atoms with Crippen LogP contribution in [0.1, 0.15) is 12.0 Å². The van der Waals surface area contributed by atoms with Gasteiger partial charge in [-0.1, -0.05) is 23.7 Å². The van der Waals surface area contributed by atoms with Gasteiger partial charge in [0, 0.05) is 5.69 Å². The van der Waals surface area contributed by atoms with Gasteiger partial charge in [0.1, 0.15) is 11.8 Å². The summed E-state index contributed by atoms with van der Waals surface area (Å²) < 4.78 is 5.14. The molecule has 7 heteroatoms. The standard InChI is InChI=1S/C15H16ClN5O/c16-13-7-18-8-14(21-13)19-11-4-1-10(2-5-11)3-6-12-9-22-15(17)20-12/h1-2,4-5,7-8,12H,3,6,9H2,(H2,17,20)(H,19,21). The van der Waals surface area contributed by atoms with Crippen LogP contribution in [-0.4, -0.2) is 28.6 Å². The second kappa shape index (κ2) is 6.62. The van der Waals surface area contributed by atoms with Gasteiger partial charge in [-0.05, 0) is 30.5 Å². The Morgan fingerprint density at radius 1 is 1.27 bits per heavy atom. The van der Waals surface area contributed by atoms with Crippen molar-refractivity contribution in [3.05, 3.63) is 47.4 Å². The van der Waals surface area contributed by atoms with Crippen LogP contribution >= 0.6 is 11.6 Å². The van der Waals surface area contributed by atoms with Crippen LogP contribution in [0, 0.1) is 0 Å². The zero-order valence-corrected chi connectivity index (χ0v) is 12.6. The van der Waals surface area contributed by atoms with Crippen molar-refractivity contribution < 1.29 is 4.74 Å². The monoisotopic (exact) mass is 317 g/mol. The molecule has 0 amide bonds. The molecule has 0 bridgehead atoms. The fraction of sp³-hybridized carbons (Fsp3) is 0.267. The first-order valence-corrected chi connectivity index (χ1v) is 7.36. The third-order valence-electron chi connectivity index (χ3n) is 3.33. The summed E-state index contributed by atoms with van der Waals surface area (Å²) in [6.07, 6.45) is 4.98. The summed E-state index contributed by atoms with van der Waals surface area (Å²) >= 11 is 5.81. The number of nitrogens with one attached hydrogen (secondary N) is 1. The van der Waals surface area contributed by atoms with Crippen molar-refractivity contribution in [1.82, 2.24) is 9.97 Å². The topological polar surface area (TPSA) is 85.4 Å². The molecule has 1 aromatic carbocycles. The van der Waals surface area contributed by atoms with Crippen molar-refractivity contribution in [2.45, 2.75) is 18.9 Å². The van der Waals surface area contributed by atoms with E-state index < -0.39 is 0 Å². The molecule has 3 N–H and O–H groups in total. The van der Waals surface area contributed by atoms with Crippen LogP contribution in [0.5, 0.6) is 0 Å². The van der Waals surface area contributed by atoms with E-state index in [9.17, 15) is 0 Å². The van der Waals surface area contributed by atoms with Crippen molar-refractivity contribution in [1.29, 1.82) is 0 Å². The van der Waals surface area contributed by atoms with Gasteiger partial charge >= 0.3 is 0 Å². The predicted octanol–water partition coefficient (Wildman–Crippen LogP) is 2.52. The molecule has 0 saturated heterocycles. The number of nitrogens with zero attached hydrogens (tertiary/aromatic N) is 3. The Morgan fingerprint density at radius 2 is 2.09 bits per heavy atom. The number of ether oxygens (including phenoxy) is 1. The Bertz CT molecular complexity index is 674. The van der Waals surface area contributed by atoms with Crippen LogP contribution in [0.15, 0.2) is 41.7 Å².